The molecule has 0 heterocycles. The molecule has 1 aromatic carbocycles. The third kappa shape index (κ3) is 3.58. The minimum atomic E-state index is -0.566. The lowest BCUT2D eigenvalue weighted by atomic mass is 9.98. The molecule has 20 heavy (non-hydrogen) atoms. The number of hydrogen-bond acceptors (Lipinski definition) is 2. The van der Waals surface area contributed by atoms with Crippen molar-refractivity contribution in [1.82, 2.24) is 4.90 Å². The van der Waals surface area contributed by atoms with Gasteiger partial charge in [-0.15, -0.1) is 0 Å². The maximum absolute atomic E-state index is 13.8. The first-order valence-electron chi connectivity index (χ1n) is 6.51. The highest BCUT2D eigenvalue weighted by Crippen LogP contribution is 2.21. The summed E-state index contributed by atoms with van der Waals surface area (Å²) in [5, 5.41) is 8.66. The Labute approximate surface area is 119 Å². The Morgan fingerprint density at radius 3 is 2.65 bits per heavy atom. The van der Waals surface area contributed by atoms with Crippen molar-refractivity contribution in [2.24, 2.45) is 0 Å². The lowest BCUT2D eigenvalue weighted by Gasteiger charge is -2.35. The smallest absolute Gasteiger partial charge is 0.257 e. The molecular formula is C16H20FNO2. The van der Waals surface area contributed by atoms with E-state index in [1.807, 2.05) is 20.8 Å². The Hall–Kier alpha value is -1.86. The van der Waals surface area contributed by atoms with Crippen molar-refractivity contribution in [2.45, 2.75) is 32.7 Å². The molecule has 0 fully saturated rings. The molecule has 1 rings (SSSR count). The van der Waals surface area contributed by atoms with Crippen molar-refractivity contribution in [3.05, 3.63) is 35.1 Å². The van der Waals surface area contributed by atoms with Gasteiger partial charge in [-0.3, -0.25) is 4.79 Å². The second kappa shape index (κ2) is 6.53. The Bertz CT molecular complexity index is 555. The number of halogens is 1. The maximum Gasteiger partial charge on any atom is 0.257 e. The van der Waals surface area contributed by atoms with Crippen molar-refractivity contribution < 1.29 is 14.3 Å². The average Bonchev–Trinajstić information content (AvgIpc) is 2.44. The third-order valence-electron chi connectivity index (χ3n) is 3.59. The number of hydrogen-bond donors (Lipinski definition) is 1. The first-order chi connectivity index (χ1) is 9.33. The second-order valence-electron chi connectivity index (χ2n) is 5.18. The molecule has 0 saturated heterocycles. The van der Waals surface area contributed by atoms with E-state index in [0.717, 1.165) is 6.42 Å². The summed E-state index contributed by atoms with van der Waals surface area (Å²) in [4.78, 5) is 13.9. The van der Waals surface area contributed by atoms with Gasteiger partial charge in [0.05, 0.1) is 5.56 Å². The molecule has 108 valence electrons. The standard InChI is InChI=1S/C16H20FNO2/c1-5-16(2,3)18(4)15(20)13-11-12(7-6-10-19)8-9-14(13)17/h8-9,11,19H,5,10H2,1-4H3. The Morgan fingerprint density at radius 1 is 1.45 bits per heavy atom. The highest BCUT2D eigenvalue weighted by Gasteiger charge is 2.28. The molecule has 1 N–H and O–H groups in total. The molecular weight excluding hydrogens is 257 g/mol. The molecule has 1 aromatic rings. The normalized spacial score (nSPS) is 10.7. The van der Waals surface area contributed by atoms with Crippen molar-refractivity contribution in [2.75, 3.05) is 13.7 Å². The summed E-state index contributed by atoms with van der Waals surface area (Å²) in [6, 6.07) is 4.13. The van der Waals surface area contributed by atoms with Crippen molar-refractivity contribution in [3.63, 3.8) is 0 Å². The van der Waals surface area contributed by atoms with Gasteiger partial charge >= 0.3 is 0 Å². The van der Waals surface area contributed by atoms with Gasteiger partial charge < -0.3 is 10.0 Å². The average molecular weight is 277 g/mol. The van der Waals surface area contributed by atoms with Gasteiger partial charge in [0.15, 0.2) is 0 Å². The minimum absolute atomic E-state index is 0.00114. The molecule has 0 aliphatic heterocycles. The number of benzene rings is 1. The van der Waals surface area contributed by atoms with Gasteiger partial charge in [0.25, 0.3) is 5.91 Å². The zero-order valence-electron chi connectivity index (χ0n) is 12.3. The molecule has 0 atom stereocenters. The van der Waals surface area contributed by atoms with Gasteiger partial charge in [-0.2, -0.15) is 0 Å². The van der Waals surface area contributed by atoms with Gasteiger partial charge in [-0.25, -0.2) is 4.39 Å². The Balaban J connectivity index is 3.15. The fraction of sp³-hybridized carbons (Fsp3) is 0.438. The van der Waals surface area contributed by atoms with E-state index in [9.17, 15) is 9.18 Å². The number of rotatable bonds is 3. The van der Waals surface area contributed by atoms with Crippen LogP contribution in [0.5, 0.6) is 0 Å². The Kier molecular flexibility index (Phi) is 5.29. The molecule has 4 heteroatoms. The minimum Gasteiger partial charge on any atom is -0.384 e. The molecule has 0 aliphatic carbocycles. The van der Waals surface area contributed by atoms with E-state index in [-0.39, 0.29) is 23.6 Å². The fourth-order valence-electron chi connectivity index (χ4n) is 1.60. The topological polar surface area (TPSA) is 40.5 Å². The lowest BCUT2D eigenvalue weighted by molar-refractivity contribution is 0.0615. The number of amides is 1. The number of carbonyl (C=O) groups excluding carboxylic acids is 1. The van der Waals surface area contributed by atoms with Crippen LogP contribution in [-0.4, -0.2) is 35.1 Å². The van der Waals surface area contributed by atoms with Gasteiger partial charge in [0, 0.05) is 18.2 Å². The zero-order chi connectivity index (χ0) is 15.3. The van der Waals surface area contributed by atoms with Crippen LogP contribution in [0.1, 0.15) is 43.1 Å². The number of aliphatic hydroxyl groups excluding tert-OH is 1. The number of aliphatic hydroxyl groups is 1. The molecule has 0 aromatic heterocycles. The van der Waals surface area contributed by atoms with Crippen LogP contribution in [-0.2, 0) is 0 Å². The highest BCUT2D eigenvalue weighted by molar-refractivity contribution is 5.95. The zero-order valence-corrected chi connectivity index (χ0v) is 12.3. The molecule has 0 radical (unpaired) electrons. The van der Waals surface area contributed by atoms with Crippen LogP contribution in [0.15, 0.2) is 18.2 Å². The van der Waals surface area contributed by atoms with E-state index in [1.54, 1.807) is 7.05 Å². The molecule has 0 aliphatic rings. The van der Waals surface area contributed by atoms with E-state index >= 15 is 0 Å². The van der Waals surface area contributed by atoms with Crippen molar-refractivity contribution in [1.29, 1.82) is 0 Å². The van der Waals surface area contributed by atoms with E-state index in [2.05, 4.69) is 11.8 Å². The van der Waals surface area contributed by atoms with Crippen LogP contribution in [0, 0.1) is 17.7 Å². The van der Waals surface area contributed by atoms with Gasteiger partial charge in [-0.05, 0) is 38.5 Å². The third-order valence-corrected chi connectivity index (χ3v) is 3.59. The lowest BCUT2D eigenvalue weighted by Crippen LogP contribution is -2.44. The molecule has 0 spiro atoms. The van der Waals surface area contributed by atoms with Gasteiger partial charge in [-0.1, -0.05) is 18.8 Å². The van der Waals surface area contributed by atoms with Gasteiger partial charge in [0.2, 0.25) is 0 Å². The largest absolute Gasteiger partial charge is 0.384 e. The summed E-state index contributed by atoms with van der Waals surface area (Å²) >= 11 is 0. The summed E-state index contributed by atoms with van der Waals surface area (Å²) in [5.41, 5.74) is 0.154. The van der Waals surface area contributed by atoms with Crippen LogP contribution in [0.2, 0.25) is 0 Å². The van der Waals surface area contributed by atoms with E-state index in [1.165, 1.54) is 23.1 Å². The fourth-order valence-corrected chi connectivity index (χ4v) is 1.60. The van der Waals surface area contributed by atoms with Crippen LogP contribution in [0.4, 0.5) is 4.39 Å². The molecule has 0 unspecified atom stereocenters. The number of nitrogens with zero attached hydrogens (tertiary/aromatic N) is 1. The van der Waals surface area contributed by atoms with E-state index in [4.69, 9.17) is 5.11 Å². The number of carbonyl (C=O) groups is 1. The van der Waals surface area contributed by atoms with Gasteiger partial charge in [0.1, 0.15) is 12.4 Å². The van der Waals surface area contributed by atoms with Crippen LogP contribution in [0.25, 0.3) is 0 Å². The summed E-state index contributed by atoms with van der Waals surface area (Å²) < 4.78 is 13.8. The van der Waals surface area contributed by atoms with Crippen LogP contribution >= 0.6 is 0 Å². The second-order valence-corrected chi connectivity index (χ2v) is 5.18. The maximum atomic E-state index is 13.8. The molecule has 0 saturated carbocycles. The van der Waals surface area contributed by atoms with Crippen molar-refractivity contribution >= 4 is 5.91 Å². The predicted octanol–water partition coefficient (Wildman–Crippen LogP) is 2.43. The summed E-state index contributed by atoms with van der Waals surface area (Å²) in [6.45, 7) is 5.56. The SMILES string of the molecule is CCC(C)(C)N(C)C(=O)c1cc(C#CCO)ccc1F. The molecule has 3 nitrogen and oxygen atoms in total. The van der Waals surface area contributed by atoms with E-state index in [0.29, 0.717) is 5.56 Å². The van der Waals surface area contributed by atoms with Crippen LogP contribution < -0.4 is 0 Å². The van der Waals surface area contributed by atoms with Crippen molar-refractivity contribution in [3.8, 4) is 11.8 Å². The summed E-state index contributed by atoms with van der Waals surface area (Å²) in [7, 11) is 1.66. The predicted molar refractivity (Wildman–Crippen MR) is 76.8 cm³/mol. The summed E-state index contributed by atoms with van der Waals surface area (Å²) in [5.74, 6) is 4.21. The van der Waals surface area contributed by atoms with E-state index < -0.39 is 5.82 Å². The Morgan fingerprint density at radius 2 is 2.10 bits per heavy atom. The molecule has 1 amide bonds. The highest BCUT2D eigenvalue weighted by atomic mass is 19.1. The first kappa shape index (κ1) is 16.2. The summed E-state index contributed by atoms with van der Waals surface area (Å²) in [6.07, 6.45) is 0.765. The van der Waals surface area contributed by atoms with Crippen LogP contribution in [0.3, 0.4) is 0 Å². The molecule has 0 bridgehead atoms. The quantitative estimate of drug-likeness (QED) is 0.862. The monoisotopic (exact) mass is 277 g/mol. The first-order valence-corrected chi connectivity index (χ1v) is 6.51.